The maximum atomic E-state index is 12.6. The van der Waals surface area contributed by atoms with Crippen molar-refractivity contribution in [1.82, 2.24) is 9.55 Å². The number of ether oxygens (including phenoxy) is 1. The van der Waals surface area contributed by atoms with Crippen molar-refractivity contribution in [2.24, 2.45) is 0 Å². The predicted molar refractivity (Wildman–Crippen MR) is 101 cm³/mol. The highest BCUT2D eigenvalue weighted by Crippen LogP contribution is 2.29. The number of hydrogen-bond acceptors (Lipinski definition) is 4. The first-order valence-electron chi connectivity index (χ1n) is 8.44. The average Bonchev–Trinajstić information content (AvgIpc) is 2.69. The predicted octanol–water partition coefficient (Wildman–Crippen LogP) is 3.58. The molecule has 0 atom stereocenters. The number of carbonyl (C=O) groups is 1. The van der Waals surface area contributed by atoms with Gasteiger partial charge in [0.25, 0.3) is 5.56 Å². The molecule has 1 heterocycles. The van der Waals surface area contributed by atoms with Crippen LogP contribution in [0.1, 0.15) is 5.56 Å². The van der Waals surface area contributed by atoms with Gasteiger partial charge in [0.15, 0.2) is 0 Å². The molecule has 1 aromatic heterocycles. The third kappa shape index (κ3) is 5.01. The van der Waals surface area contributed by atoms with Crippen LogP contribution < -0.4 is 15.6 Å². The first-order chi connectivity index (χ1) is 13.8. The van der Waals surface area contributed by atoms with Crippen LogP contribution in [-0.2, 0) is 17.5 Å². The van der Waals surface area contributed by atoms with Crippen LogP contribution in [0.15, 0.2) is 65.7 Å². The summed E-state index contributed by atoms with van der Waals surface area (Å²) in [6, 6.07) is 12.3. The van der Waals surface area contributed by atoms with Gasteiger partial charge < -0.3 is 10.1 Å². The quantitative estimate of drug-likeness (QED) is 0.707. The van der Waals surface area contributed by atoms with E-state index in [0.29, 0.717) is 17.0 Å². The first-order valence-corrected chi connectivity index (χ1v) is 8.44. The molecule has 1 amide bonds. The molecule has 3 rings (SSSR count). The number of halogens is 3. The summed E-state index contributed by atoms with van der Waals surface area (Å²) in [7, 11) is 1.55. The molecule has 0 bridgehead atoms. The van der Waals surface area contributed by atoms with E-state index in [0.717, 1.165) is 28.8 Å². The first kappa shape index (κ1) is 20.1. The number of carbonyl (C=O) groups excluding carboxylic acids is 1. The van der Waals surface area contributed by atoms with Crippen molar-refractivity contribution in [2.45, 2.75) is 12.7 Å². The highest BCUT2D eigenvalue weighted by Gasteiger charge is 2.29. The number of anilines is 1. The Morgan fingerprint density at radius 2 is 1.76 bits per heavy atom. The minimum Gasteiger partial charge on any atom is -0.497 e. The smallest absolute Gasteiger partial charge is 0.416 e. The summed E-state index contributed by atoms with van der Waals surface area (Å²) in [4.78, 5) is 28.6. The van der Waals surface area contributed by atoms with E-state index in [1.54, 1.807) is 31.4 Å². The van der Waals surface area contributed by atoms with Gasteiger partial charge in [0.1, 0.15) is 12.3 Å². The molecule has 150 valence electrons. The molecule has 6 nitrogen and oxygen atoms in total. The fraction of sp³-hybridized carbons (Fsp3) is 0.150. The van der Waals surface area contributed by atoms with Gasteiger partial charge in [-0.3, -0.25) is 14.2 Å². The van der Waals surface area contributed by atoms with Crippen LogP contribution in [0, 0.1) is 0 Å². The maximum Gasteiger partial charge on any atom is 0.416 e. The second kappa shape index (κ2) is 8.17. The lowest BCUT2D eigenvalue weighted by molar-refractivity contribution is -0.137. The molecule has 1 N–H and O–H groups in total. The molecule has 3 aromatic rings. The van der Waals surface area contributed by atoms with Crippen molar-refractivity contribution in [3.8, 4) is 17.0 Å². The number of alkyl halides is 3. The van der Waals surface area contributed by atoms with Crippen molar-refractivity contribution in [2.75, 3.05) is 12.4 Å². The number of rotatable bonds is 5. The summed E-state index contributed by atoms with van der Waals surface area (Å²) in [5, 5.41) is 2.45. The number of benzene rings is 2. The van der Waals surface area contributed by atoms with Gasteiger partial charge in [0.05, 0.1) is 24.7 Å². The normalized spacial score (nSPS) is 11.2. The lowest BCUT2D eigenvalue weighted by atomic mass is 10.1. The average molecular weight is 403 g/mol. The van der Waals surface area contributed by atoms with Gasteiger partial charge in [0.2, 0.25) is 5.91 Å². The van der Waals surface area contributed by atoms with Gasteiger partial charge in [-0.25, -0.2) is 4.98 Å². The van der Waals surface area contributed by atoms with Gasteiger partial charge >= 0.3 is 6.18 Å². The van der Waals surface area contributed by atoms with Gasteiger partial charge in [-0.05, 0) is 48.5 Å². The fourth-order valence-electron chi connectivity index (χ4n) is 2.56. The highest BCUT2D eigenvalue weighted by atomic mass is 19.4. The third-order valence-electron chi connectivity index (χ3n) is 4.08. The maximum absolute atomic E-state index is 12.6. The Bertz CT molecular complexity index is 1060. The van der Waals surface area contributed by atoms with Crippen LogP contribution in [0.2, 0.25) is 0 Å². The molecule has 0 saturated carbocycles. The SMILES string of the molecule is COc1ccc(-c2cc(=O)n(CC(=O)Nc3ccc(C(F)(F)F)cc3)cn2)cc1. The van der Waals surface area contributed by atoms with Crippen LogP contribution in [0.4, 0.5) is 18.9 Å². The summed E-state index contributed by atoms with van der Waals surface area (Å²) in [5.74, 6) is 0.105. The summed E-state index contributed by atoms with van der Waals surface area (Å²) in [6.45, 7) is -0.324. The number of nitrogens with zero attached hydrogens (tertiary/aromatic N) is 2. The monoisotopic (exact) mass is 403 g/mol. The summed E-state index contributed by atoms with van der Waals surface area (Å²) in [6.07, 6.45) is -3.21. The molecule has 29 heavy (non-hydrogen) atoms. The molecule has 0 radical (unpaired) electrons. The lowest BCUT2D eigenvalue weighted by Gasteiger charge is -2.10. The van der Waals surface area contributed by atoms with Crippen LogP contribution in [0.5, 0.6) is 5.75 Å². The minimum atomic E-state index is -4.45. The molecule has 0 spiro atoms. The van der Waals surface area contributed by atoms with Gasteiger partial charge in [-0.1, -0.05) is 0 Å². The Labute approximate surface area is 163 Å². The highest BCUT2D eigenvalue weighted by molar-refractivity contribution is 5.90. The van der Waals surface area contributed by atoms with E-state index in [1.807, 2.05) is 0 Å². The van der Waals surface area contributed by atoms with Crippen LogP contribution >= 0.6 is 0 Å². The van der Waals surface area contributed by atoms with Crippen molar-refractivity contribution in [1.29, 1.82) is 0 Å². The van der Waals surface area contributed by atoms with Crippen LogP contribution in [0.3, 0.4) is 0 Å². The molecule has 0 aliphatic rings. The largest absolute Gasteiger partial charge is 0.497 e. The van der Waals surface area contributed by atoms with E-state index in [1.165, 1.54) is 12.4 Å². The van der Waals surface area contributed by atoms with E-state index in [2.05, 4.69) is 10.3 Å². The number of amides is 1. The van der Waals surface area contributed by atoms with Gasteiger partial charge in [-0.15, -0.1) is 0 Å². The molecular weight excluding hydrogens is 387 g/mol. The molecule has 0 fully saturated rings. The molecule has 0 unspecified atom stereocenters. The molecule has 2 aromatic carbocycles. The van der Waals surface area contributed by atoms with E-state index in [4.69, 9.17) is 4.74 Å². The van der Waals surface area contributed by atoms with Crippen LogP contribution in [-0.4, -0.2) is 22.6 Å². The summed E-state index contributed by atoms with van der Waals surface area (Å²) in [5.41, 5.74) is 0.0959. The second-order valence-electron chi connectivity index (χ2n) is 6.09. The molecule has 9 heteroatoms. The second-order valence-corrected chi connectivity index (χ2v) is 6.09. The standard InChI is InChI=1S/C20H16F3N3O3/c1-29-16-8-2-13(3-9-16)17-10-19(28)26(12-24-17)11-18(27)25-15-6-4-14(5-7-15)20(21,22)23/h2-10,12H,11H2,1H3,(H,25,27). The van der Waals surface area contributed by atoms with E-state index in [-0.39, 0.29) is 12.2 Å². The van der Waals surface area contributed by atoms with Crippen molar-refractivity contribution < 1.29 is 22.7 Å². The van der Waals surface area contributed by atoms with E-state index >= 15 is 0 Å². The Morgan fingerprint density at radius 3 is 2.31 bits per heavy atom. The summed E-state index contributed by atoms with van der Waals surface area (Å²) >= 11 is 0. The Hall–Kier alpha value is -3.62. The third-order valence-corrected chi connectivity index (χ3v) is 4.08. The Kier molecular flexibility index (Phi) is 5.67. The molecular formula is C20H16F3N3O3. The van der Waals surface area contributed by atoms with E-state index < -0.39 is 23.2 Å². The number of hydrogen-bond donors (Lipinski definition) is 1. The number of nitrogens with one attached hydrogen (secondary N) is 1. The van der Waals surface area contributed by atoms with Gasteiger partial charge in [-0.2, -0.15) is 13.2 Å². The number of aromatic nitrogens is 2. The van der Waals surface area contributed by atoms with E-state index in [9.17, 15) is 22.8 Å². The Balaban J connectivity index is 1.68. The van der Waals surface area contributed by atoms with Gasteiger partial charge in [0, 0.05) is 17.3 Å². The van der Waals surface area contributed by atoms with Crippen molar-refractivity contribution in [3.63, 3.8) is 0 Å². The molecule has 0 aliphatic carbocycles. The zero-order chi connectivity index (χ0) is 21.0. The zero-order valence-electron chi connectivity index (χ0n) is 15.2. The fourth-order valence-corrected chi connectivity index (χ4v) is 2.56. The molecule has 0 aliphatic heterocycles. The molecule has 0 saturated heterocycles. The Morgan fingerprint density at radius 1 is 1.10 bits per heavy atom. The summed E-state index contributed by atoms with van der Waals surface area (Å²) < 4.78 is 43.9. The van der Waals surface area contributed by atoms with Crippen LogP contribution in [0.25, 0.3) is 11.3 Å². The lowest BCUT2D eigenvalue weighted by Crippen LogP contribution is -2.27. The minimum absolute atomic E-state index is 0.193. The van der Waals surface area contributed by atoms with Crippen molar-refractivity contribution in [3.05, 3.63) is 76.8 Å². The number of methoxy groups -OCH3 is 1. The van der Waals surface area contributed by atoms with Crippen molar-refractivity contribution >= 4 is 11.6 Å². The zero-order valence-corrected chi connectivity index (χ0v) is 15.2. The topological polar surface area (TPSA) is 73.2 Å².